The van der Waals surface area contributed by atoms with Crippen LogP contribution in [0.15, 0.2) is 78.9 Å². The van der Waals surface area contributed by atoms with Crippen LogP contribution in [0.4, 0.5) is 0 Å². The van der Waals surface area contributed by atoms with Gasteiger partial charge in [0, 0.05) is 5.41 Å². The van der Waals surface area contributed by atoms with Crippen LogP contribution < -0.4 is 0 Å². The van der Waals surface area contributed by atoms with Crippen molar-refractivity contribution in [1.82, 2.24) is 0 Å². The molecule has 142 valence electrons. The smallest absolute Gasteiger partial charge is 0.0158 e. The predicted octanol–water partition coefficient (Wildman–Crippen LogP) is 8.04. The Balaban J connectivity index is 0.000000182. The van der Waals surface area contributed by atoms with E-state index in [9.17, 15) is 0 Å². The van der Waals surface area contributed by atoms with E-state index in [1.54, 1.807) is 0 Å². The van der Waals surface area contributed by atoms with Crippen molar-refractivity contribution in [2.24, 2.45) is 5.41 Å². The Kier molecular flexibility index (Phi) is 6.65. The van der Waals surface area contributed by atoms with Crippen molar-refractivity contribution < 1.29 is 0 Å². The zero-order valence-corrected chi connectivity index (χ0v) is 18.0. The van der Waals surface area contributed by atoms with Crippen LogP contribution in [0, 0.1) is 12.3 Å². The molecule has 0 N–H and O–H groups in total. The Hall–Kier alpha value is -2.34. The van der Waals surface area contributed by atoms with Crippen LogP contribution >= 0.6 is 0 Å². The van der Waals surface area contributed by atoms with Crippen molar-refractivity contribution in [3.8, 4) is 11.1 Å². The average molecular weight is 359 g/mol. The minimum Gasteiger partial charge on any atom is -0.0622 e. The average Bonchev–Trinajstić information content (AvgIpc) is 2.84. The summed E-state index contributed by atoms with van der Waals surface area (Å²) in [4.78, 5) is 0. The van der Waals surface area contributed by atoms with Crippen LogP contribution in [0.1, 0.15) is 58.2 Å². The topological polar surface area (TPSA) is 0 Å². The van der Waals surface area contributed by atoms with Gasteiger partial charge in [-0.3, -0.25) is 0 Å². The molecule has 0 spiro atoms. The third-order valence-electron chi connectivity index (χ3n) is 4.43. The van der Waals surface area contributed by atoms with E-state index in [0.717, 1.165) is 0 Å². The molecule has 0 saturated carbocycles. The van der Waals surface area contributed by atoms with E-state index < -0.39 is 0 Å². The molecule has 0 aliphatic heterocycles. The van der Waals surface area contributed by atoms with Gasteiger partial charge in [0.15, 0.2) is 0 Å². The first-order valence-corrected chi connectivity index (χ1v) is 9.82. The number of hydrogen-bond acceptors (Lipinski definition) is 0. The molecule has 4 rings (SSSR count). The maximum atomic E-state index is 2.30. The van der Waals surface area contributed by atoms with Gasteiger partial charge in [-0.15, -0.1) is 0 Å². The highest BCUT2D eigenvalue weighted by Crippen LogP contribution is 2.47. The fourth-order valence-corrected chi connectivity index (χ4v) is 3.21. The van der Waals surface area contributed by atoms with Gasteiger partial charge in [0.05, 0.1) is 0 Å². The summed E-state index contributed by atoms with van der Waals surface area (Å²) in [5, 5.41) is 0. The number of rotatable bonds is 0. The van der Waals surface area contributed by atoms with Gasteiger partial charge in [-0.2, -0.15) is 0 Å². The summed E-state index contributed by atoms with van der Waals surface area (Å²) in [5.41, 5.74) is 7.68. The minimum atomic E-state index is 0.160. The van der Waals surface area contributed by atoms with Crippen molar-refractivity contribution in [2.75, 3.05) is 0 Å². The molecule has 1 aliphatic rings. The molecule has 3 aromatic rings. The highest BCUT2D eigenvalue weighted by Gasteiger charge is 2.34. The molecule has 0 aromatic heterocycles. The summed E-state index contributed by atoms with van der Waals surface area (Å²) < 4.78 is 0. The van der Waals surface area contributed by atoms with E-state index in [4.69, 9.17) is 0 Å². The van der Waals surface area contributed by atoms with E-state index in [1.807, 2.05) is 18.2 Å². The van der Waals surface area contributed by atoms with Crippen LogP contribution in [-0.4, -0.2) is 0 Å². The Bertz CT molecular complexity index is 795. The van der Waals surface area contributed by atoms with Crippen molar-refractivity contribution in [3.05, 3.63) is 95.6 Å². The molecule has 0 saturated heterocycles. The summed E-state index contributed by atoms with van der Waals surface area (Å²) in [6.07, 6.45) is 0. The SMILES string of the molecule is CC(C)(C)C.CC1(C)c2ccccc2-c2ccccc21.Cc1ccccc1. The van der Waals surface area contributed by atoms with Crippen molar-refractivity contribution in [3.63, 3.8) is 0 Å². The lowest BCUT2D eigenvalue weighted by molar-refractivity contribution is 0.469. The van der Waals surface area contributed by atoms with E-state index in [2.05, 4.69) is 109 Å². The monoisotopic (exact) mass is 358 g/mol. The van der Waals surface area contributed by atoms with Gasteiger partial charge in [-0.25, -0.2) is 0 Å². The number of aryl methyl sites for hydroxylation is 1. The molecule has 0 unspecified atom stereocenters. The van der Waals surface area contributed by atoms with Crippen molar-refractivity contribution in [1.29, 1.82) is 0 Å². The number of hydrogen-bond donors (Lipinski definition) is 0. The van der Waals surface area contributed by atoms with Crippen molar-refractivity contribution in [2.45, 2.75) is 53.9 Å². The second-order valence-corrected chi connectivity index (χ2v) is 9.37. The fourth-order valence-electron chi connectivity index (χ4n) is 3.21. The third kappa shape index (κ3) is 5.82. The summed E-state index contributed by atoms with van der Waals surface area (Å²) in [6, 6.07) is 27.7. The lowest BCUT2D eigenvalue weighted by Crippen LogP contribution is -2.14. The first-order chi connectivity index (χ1) is 12.6. The molecule has 0 heteroatoms. The molecule has 3 aromatic carbocycles. The lowest BCUT2D eigenvalue weighted by Gasteiger charge is -2.20. The zero-order valence-electron chi connectivity index (χ0n) is 18.0. The summed E-state index contributed by atoms with van der Waals surface area (Å²) >= 11 is 0. The predicted molar refractivity (Wildman–Crippen MR) is 120 cm³/mol. The van der Waals surface area contributed by atoms with Gasteiger partial charge in [0.2, 0.25) is 0 Å². The van der Waals surface area contributed by atoms with E-state index >= 15 is 0 Å². The van der Waals surface area contributed by atoms with Gasteiger partial charge in [-0.1, -0.05) is 126 Å². The maximum Gasteiger partial charge on any atom is 0.0158 e. The van der Waals surface area contributed by atoms with E-state index in [1.165, 1.54) is 27.8 Å². The van der Waals surface area contributed by atoms with E-state index in [-0.39, 0.29) is 5.41 Å². The molecule has 0 bridgehead atoms. The van der Waals surface area contributed by atoms with Gasteiger partial charge in [0.25, 0.3) is 0 Å². The van der Waals surface area contributed by atoms with Crippen LogP contribution in [0.5, 0.6) is 0 Å². The molecule has 0 radical (unpaired) electrons. The highest BCUT2D eigenvalue weighted by atomic mass is 14.4. The first-order valence-electron chi connectivity index (χ1n) is 9.82. The minimum absolute atomic E-state index is 0.160. The quantitative estimate of drug-likeness (QED) is 0.381. The summed E-state index contributed by atoms with van der Waals surface area (Å²) in [5.74, 6) is 0. The molecule has 0 fully saturated rings. The van der Waals surface area contributed by atoms with Crippen molar-refractivity contribution >= 4 is 0 Å². The largest absolute Gasteiger partial charge is 0.0622 e. The molecule has 0 heterocycles. The molecule has 0 amide bonds. The normalized spacial score (nSPS) is 13.3. The molecule has 27 heavy (non-hydrogen) atoms. The molecule has 1 aliphatic carbocycles. The van der Waals surface area contributed by atoms with Crippen LogP contribution in [0.3, 0.4) is 0 Å². The van der Waals surface area contributed by atoms with Gasteiger partial charge in [-0.05, 0) is 34.6 Å². The second-order valence-electron chi connectivity index (χ2n) is 9.37. The molecule has 0 atom stereocenters. The van der Waals surface area contributed by atoms with Crippen LogP contribution in [0.25, 0.3) is 11.1 Å². The Morgan fingerprint density at radius 1 is 0.556 bits per heavy atom. The Morgan fingerprint density at radius 2 is 0.889 bits per heavy atom. The standard InChI is InChI=1S/C15H14.C7H8.C5H12/c1-15(2)13-9-5-3-7-11(13)12-8-4-6-10-14(12)15;1-7-5-3-2-4-6-7;1-5(2,3)4/h3-10H,1-2H3;2-6H,1H3;1-4H3. The molecular formula is C27H34. The summed E-state index contributed by atoms with van der Waals surface area (Å²) in [6.45, 7) is 15.4. The maximum absolute atomic E-state index is 2.30. The Labute approximate surface area is 166 Å². The highest BCUT2D eigenvalue weighted by molar-refractivity contribution is 5.80. The Morgan fingerprint density at radius 3 is 1.22 bits per heavy atom. The van der Waals surface area contributed by atoms with Gasteiger partial charge >= 0.3 is 0 Å². The number of benzene rings is 3. The third-order valence-corrected chi connectivity index (χ3v) is 4.43. The lowest BCUT2D eigenvalue weighted by atomic mass is 9.82. The zero-order chi connectivity index (χ0) is 20.1. The first kappa shape index (κ1) is 21.0. The molecular weight excluding hydrogens is 324 g/mol. The van der Waals surface area contributed by atoms with Crippen LogP contribution in [0.2, 0.25) is 0 Å². The van der Waals surface area contributed by atoms with Gasteiger partial charge in [0.1, 0.15) is 0 Å². The summed E-state index contributed by atoms with van der Waals surface area (Å²) in [7, 11) is 0. The second kappa shape index (κ2) is 8.57. The van der Waals surface area contributed by atoms with Crippen LogP contribution in [-0.2, 0) is 5.41 Å². The van der Waals surface area contributed by atoms with Gasteiger partial charge < -0.3 is 0 Å². The fraction of sp³-hybridized carbons (Fsp3) is 0.333. The molecule has 0 nitrogen and oxygen atoms in total. The van der Waals surface area contributed by atoms with E-state index in [0.29, 0.717) is 5.41 Å². The number of fused-ring (bicyclic) bond motifs is 3.